The molecule has 1 heterocycles. The van der Waals surface area contributed by atoms with Crippen LogP contribution < -0.4 is 5.73 Å². The molecule has 0 saturated carbocycles. The molecule has 0 radical (unpaired) electrons. The number of rotatable bonds is 3. The first-order valence-corrected chi connectivity index (χ1v) is 7.70. The van der Waals surface area contributed by atoms with E-state index in [1.54, 1.807) is 24.3 Å². The lowest BCUT2D eigenvalue weighted by Crippen LogP contribution is -2.11. The summed E-state index contributed by atoms with van der Waals surface area (Å²) in [6.07, 6.45) is 0. The van der Waals surface area contributed by atoms with Crippen LogP contribution in [-0.4, -0.2) is 10.5 Å². The summed E-state index contributed by atoms with van der Waals surface area (Å²) in [7, 11) is 0. The summed E-state index contributed by atoms with van der Waals surface area (Å²) in [5.74, 6) is -0.705. The molecule has 0 atom stereocenters. The predicted octanol–water partition coefficient (Wildman–Crippen LogP) is 4.08. The van der Waals surface area contributed by atoms with E-state index in [9.17, 15) is 9.18 Å². The molecule has 0 bridgehead atoms. The fraction of sp³-hybridized carbons (Fsp3) is 0.0500. The van der Waals surface area contributed by atoms with Gasteiger partial charge in [0.2, 0.25) is 5.91 Å². The van der Waals surface area contributed by atoms with Crippen LogP contribution in [0.4, 0.5) is 4.39 Å². The summed E-state index contributed by atoms with van der Waals surface area (Å²) in [5, 5.41) is 1.76. The number of halogens is 1. The van der Waals surface area contributed by atoms with Gasteiger partial charge in [0.1, 0.15) is 5.82 Å². The van der Waals surface area contributed by atoms with Gasteiger partial charge >= 0.3 is 0 Å². The Bertz CT molecular complexity index is 1080. The van der Waals surface area contributed by atoms with Crippen molar-refractivity contribution < 1.29 is 9.18 Å². The van der Waals surface area contributed by atoms with Crippen LogP contribution in [0, 0.1) is 5.82 Å². The van der Waals surface area contributed by atoms with Gasteiger partial charge in [0.05, 0.1) is 12.1 Å². The van der Waals surface area contributed by atoms with Crippen LogP contribution in [0.25, 0.3) is 21.8 Å². The fourth-order valence-corrected chi connectivity index (χ4v) is 3.27. The van der Waals surface area contributed by atoms with Crippen molar-refractivity contribution in [3.63, 3.8) is 0 Å². The van der Waals surface area contributed by atoms with Gasteiger partial charge < -0.3 is 10.3 Å². The van der Waals surface area contributed by atoms with Crippen LogP contribution in [-0.2, 0) is 6.54 Å². The number of nitrogens with zero attached hydrogens (tertiary/aromatic N) is 1. The molecule has 24 heavy (non-hydrogen) atoms. The van der Waals surface area contributed by atoms with E-state index in [1.807, 2.05) is 41.0 Å². The average molecular weight is 318 g/mol. The Morgan fingerprint density at radius 1 is 0.917 bits per heavy atom. The Balaban J connectivity index is 2.06. The minimum absolute atomic E-state index is 0.241. The normalized spacial score (nSPS) is 11.2. The molecule has 0 fully saturated rings. The molecule has 3 aromatic carbocycles. The maximum absolute atomic E-state index is 14.1. The second-order valence-electron chi connectivity index (χ2n) is 5.76. The Labute approximate surface area is 138 Å². The molecule has 3 nitrogen and oxygen atoms in total. The van der Waals surface area contributed by atoms with Gasteiger partial charge in [-0.3, -0.25) is 4.79 Å². The summed E-state index contributed by atoms with van der Waals surface area (Å²) in [5.41, 5.74) is 8.45. The minimum atomic E-state index is -0.464. The number of para-hydroxylation sites is 1. The lowest BCUT2D eigenvalue weighted by molar-refractivity contribution is 0.100. The molecule has 2 N–H and O–H groups in total. The molecule has 0 unspecified atom stereocenters. The SMILES string of the molecule is NC(=O)c1cccc2c1c1ccccc1n2Cc1ccccc1F. The highest BCUT2D eigenvalue weighted by Crippen LogP contribution is 2.32. The van der Waals surface area contributed by atoms with E-state index >= 15 is 0 Å². The van der Waals surface area contributed by atoms with Crippen LogP contribution in [0.3, 0.4) is 0 Å². The number of carbonyl (C=O) groups is 1. The monoisotopic (exact) mass is 318 g/mol. The Morgan fingerprint density at radius 3 is 2.42 bits per heavy atom. The number of carbonyl (C=O) groups excluding carboxylic acids is 1. The van der Waals surface area contributed by atoms with Crippen LogP contribution in [0.2, 0.25) is 0 Å². The zero-order valence-electron chi connectivity index (χ0n) is 12.9. The second kappa shape index (κ2) is 5.49. The molecule has 0 spiro atoms. The third-order valence-corrected chi connectivity index (χ3v) is 4.35. The number of benzene rings is 3. The Kier molecular flexibility index (Phi) is 3.31. The topological polar surface area (TPSA) is 48.0 Å². The molecule has 1 aromatic heterocycles. The van der Waals surface area contributed by atoms with Crippen molar-refractivity contribution in [2.24, 2.45) is 5.73 Å². The fourth-order valence-electron chi connectivity index (χ4n) is 3.27. The highest BCUT2D eigenvalue weighted by atomic mass is 19.1. The first-order chi connectivity index (χ1) is 11.7. The van der Waals surface area contributed by atoms with Crippen molar-refractivity contribution in [3.8, 4) is 0 Å². The van der Waals surface area contributed by atoms with E-state index in [-0.39, 0.29) is 5.82 Å². The number of primary amides is 1. The highest BCUT2D eigenvalue weighted by Gasteiger charge is 2.16. The third kappa shape index (κ3) is 2.15. The van der Waals surface area contributed by atoms with Gasteiger partial charge in [-0.1, -0.05) is 42.5 Å². The first-order valence-electron chi connectivity index (χ1n) is 7.70. The highest BCUT2D eigenvalue weighted by molar-refractivity contribution is 6.17. The number of hydrogen-bond donors (Lipinski definition) is 1. The summed E-state index contributed by atoms with van der Waals surface area (Å²) in [6.45, 7) is 0.388. The van der Waals surface area contributed by atoms with Crippen LogP contribution in [0.5, 0.6) is 0 Å². The quantitative estimate of drug-likeness (QED) is 0.608. The molecule has 0 aliphatic rings. The number of nitrogens with two attached hydrogens (primary N) is 1. The van der Waals surface area contributed by atoms with Gasteiger partial charge in [0.15, 0.2) is 0 Å². The van der Waals surface area contributed by atoms with Gasteiger partial charge in [-0.15, -0.1) is 0 Å². The van der Waals surface area contributed by atoms with Crippen molar-refractivity contribution in [1.29, 1.82) is 0 Å². The first kappa shape index (κ1) is 14.5. The van der Waals surface area contributed by atoms with Gasteiger partial charge in [0, 0.05) is 27.4 Å². The molecule has 118 valence electrons. The van der Waals surface area contributed by atoms with Crippen LogP contribution in [0.15, 0.2) is 66.7 Å². The summed E-state index contributed by atoms with van der Waals surface area (Å²) in [4.78, 5) is 11.8. The molecule has 0 aliphatic heterocycles. The van der Waals surface area contributed by atoms with Gasteiger partial charge in [-0.25, -0.2) is 4.39 Å². The predicted molar refractivity (Wildman–Crippen MR) is 93.5 cm³/mol. The molecule has 4 aromatic rings. The van der Waals surface area contributed by atoms with E-state index in [0.29, 0.717) is 17.7 Å². The summed E-state index contributed by atoms with van der Waals surface area (Å²) >= 11 is 0. The minimum Gasteiger partial charge on any atom is -0.366 e. The lowest BCUT2D eigenvalue weighted by Gasteiger charge is -2.09. The molecule has 4 rings (SSSR count). The van der Waals surface area contributed by atoms with E-state index in [2.05, 4.69) is 0 Å². The van der Waals surface area contributed by atoms with Crippen molar-refractivity contribution in [3.05, 3.63) is 83.7 Å². The smallest absolute Gasteiger partial charge is 0.249 e. The summed E-state index contributed by atoms with van der Waals surface area (Å²) in [6, 6.07) is 20.0. The maximum atomic E-state index is 14.1. The van der Waals surface area contributed by atoms with Gasteiger partial charge in [-0.05, 0) is 24.3 Å². The summed E-state index contributed by atoms with van der Waals surface area (Å²) < 4.78 is 16.1. The lowest BCUT2D eigenvalue weighted by atomic mass is 10.1. The molecule has 1 amide bonds. The van der Waals surface area contributed by atoms with Crippen molar-refractivity contribution in [2.75, 3.05) is 0 Å². The number of aromatic nitrogens is 1. The van der Waals surface area contributed by atoms with Gasteiger partial charge in [-0.2, -0.15) is 0 Å². The van der Waals surface area contributed by atoms with E-state index in [1.165, 1.54) is 6.07 Å². The Hall–Kier alpha value is -3.14. The average Bonchev–Trinajstić information content (AvgIpc) is 2.91. The number of amides is 1. The zero-order valence-corrected chi connectivity index (χ0v) is 12.9. The van der Waals surface area contributed by atoms with Crippen molar-refractivity contribution >= 4 is 27.7 Å². The molecule has 0 saturated heterocycles. The van der Waals surface area contributed by atoms with E-state index in [4.69, 9.17) is 5.73 Å². The van der Waals surface area contributed by atoms with E-state index in [0.717, 1.165) is 21.8 Å². The molecule has 0 aliphatic carbocycles. The third-order valence-electron chi connectivity index (χ3n) is 4.35. The molecular weight excluding hydrogens is 303 g/mol. The standard InChI is InChI=1S/C20H15FN2O/c21-16-9-3-1-6-13(16)12-23-17-10-4-2-7-14(17)19-15(20(22)24)8-5-11-18(19)23/h1-11H,12H2,(H2,22,24). The van der Waals surface area contributed by atoms with Crippen LogP contribution in [0.1, 0.15) is 15.9 Å². The number of hydrogen-bond acceptors (Lipinski definition) is 1. The zero-order chi connectivity index (χ0) is 16.7. The second-order valence-corrected chi connectivity index (χ2v) is 5.76. The van der Waals surface area contributed by atoms with E-state index < -0.39 is 5.91 Å². The van der Waals surface area contributed by atoms with Crippen molar-refractivity contribution in [2.45, 2.75) is 6.54 Å². The number of fused-ring (bicyclic) bond motifs is 3. The van der Waals surface area contributed by atoms with Crippen molar-refractivity contribution in [1.82, 2.24) is 4.57 Å². The largest absolute Gasteiger partial charge is 0.366 e. The Morgan fingerprint density at radius 2 is 1.62 bits per heavy atom. The molecule has 4 heteroatoms. The van der Waals surface area contributed by atoms with Gasteiger partial charge in [0.25, 0.3) is 0 Å². The molecular formula is C20H15FN2O. The van der Waals surface area contributed by atoms with Crippen LogP contribution >= 0.6 is 0 Å². The maximum Gasteiger partial charge on any atom is 0.249 e.